The number of ether oxygens (including phenoxy) is 3. The number of rotatable bonds is 9. The number of amides is 2. The zero-order valence-electron chi connectivity index (χ0n) is 19.7. The lowest BCUT2D eigenvalue weighted by Crippen LogP contribution is -2.38. The van der Waals surface area contributed by atoms with Gasteiger partial charge in [0, 0.05) is 18.7 Å². The highest BCUT2D eigenvalue weighted by Gasteiger charge is 2.40. The number of nitrogens with one attached hydrogen (secondary N) is 1. The minimum Gasteiger partial charge on any atom is -0.495 e. The van der Waals surface area contributed by atoms with Gasteiger partial charge in [-0.1, -0.05) is 35.5 Å². The minimum atomic E-state index is -0.594. The molecule has 4 rings (SSSR count). The van der Waals surface area contributed by atoms with Crippen molar-refractivity contribution in [1.82, 2.24) is 4.90 Å². The molecule has 35 heavy (non-hydrogen) atoms. The van der Waals surface area contributed by atoms with Crippen molar-refractivity contribution in [2.45, 2.75) is 37.5 Å². The van der Waals surface area contributed by atoms with Gasteiger partial charge in [-0.25, -0.2) is 4.99 Å². The third-order valence-electron chi connectivity index (χ3n) is 5.62. The van der Waals surface area contributed by atoms with Gasteiger partial charge in [-0.15, -0.1) is 0 Å². The standard InChI is InChI=1S/C25H28ClN3O5S/c1-3-33-21-9-5-4-8-19(21)28-25-29(15-17-7-6-12-34-17)24(31)22(35-25)14-23(30)27-16-10-11-20(32-2)18(26)13-16/h4-5,8-11,13,17,22H,3,6-7,12,14-15H2,1-2H3,(H,27,30)/t17-,22+/m1/s1. The van der Waals surface area contributed by atoms with Crippen LogP contribution in [-0.4, -0.2) is 60.1 Å². The number of thioether (sulfide) groups is 1. The summed E-state index contributed by atoms with van der Waals surface area (Å²) in [5.74, 6) is 0.723. The van der Waals surface area contributed by atoms with Gasteiger partial charge in [-0.2, -0.15) is 0 Å². The maximum atomic E-state index is 13.3. The molecule has 0 aliphatic carbocycles. The van der Waals surface area contributed by atoms with Crippen molar-refractivity contribution in [2.24, 2.45) is 4.99 Å². The van der Waals surface area contributed by atoms with Crippen molar-refractivity contribution in [2.75, 3.05) is 32.2 Å². The molecule has 1 N–H and O–H groups in total. The fourth-order valence-corrected chi connectivity index (χ4v) is 5.36. The first-order valence-corrected chi connectivity index (χ1v) is 12.8. The number of amidine groups is 1. The molecule has 2 fully saturated rings. The lowest BCUT2D eigenvalue weighted by atomic mass is 10.2. The van der Waals surface area contributed by atoms with E-state index < -0.39 is 5.25 Å². The van der Waals surface area contributed by atoms with Gasteiger partial charge in [-0.3, -0.25) is 14.5 Å². The average Bonchev–Trinajstić information content (AvgIpc) is 3.45. The van der Waals surface area contributed by atoms with E-state index in [1.807, 2.05) is 31.2 Å². The van der Waals surface area contributed by atoms with E-state index in [0.29, 0.717) is 52.8 Å². The molecule has 2 saturated heterocycles. The first-order valence-electron chi connectivity index (χ1n) is 11.5. The van der Waals surface area contributed by atoms with Crippen LogP contribution in [0.4, 0.5) is 11.4 Å². The number of carbonyl (C=O) groups is 2. The van der Waals surface area contributed by atoms with Crippen LogP contribution in [0.5, 0.6) is 11.5 Å². The highest BCUT2D eigenvalue weighted by Crippen LogP contribution is 2.36. The van der Waals surface area contributed by atoms with Crippen molar-refractivity contribution in [3.63, 3.8) is 0 Å². The van der Waals surface area contributed by atoms with Crippen LogP contribution in [0, 0.1) is 0 Å². The van der Waals surface area contributed by atoms with Gasteiger partial charge in [0.1, 0.15) is 22.4 Å². The van der Waals surface area contributed by atoms with Gasteiger partial charge in [0.05, 0.1) is 31.4 Å². The SMILES string of the molecule is CCOc1ccccc1N=C1S[C@@H](CC(=O)Nc2ccc(OC)c(Cl)c2)C(=O)N1C[C@H]1CCCO1. The lowest BCUT2D eigenvalue weighted by Gasteiger charge is -2.20. The summed E-state index contributed by atoms with van der Waals surface area (Å²) in [4.78, 5) is 32.5. The van der Waals surface area contributed by atoms with Crippen molar-refractivity contribution in [1.29, 1.82) is 0 Å². The van der Waals surface area contributed by atoms with E-state index in [9.17, 15) is 9.59 Å². The Morgan fingerprint density at radius 3 is 2.83 bits per heavy atom. The van der Waals surface area contributed by atoms with E-state index >= 15 is 0 Å². The van der Waals surface area contributed by atoms with Crippen LogP contribution in [0.3, 0.4) is 0 Å². The predicted molar refractivity (Wildman–Crippen MR) is 138 cm³/mol. The van der Waals surface area contributed by atoms with Crippen LogP contribution in [0.25, 0.3) is 0 Å². The zero-order chi connectivity index (χ0) is 24.8. The van der Waals surface area contributed by atoms with Crippen LogP contribution < -0.4 is 14.8 Å². The average molecular weight is 518 g/mol. The van der Waals surface area contributed by atoms with Gasteiger partial charge >= 0.3 is 0 Å². The third-order valence-corrected chi connectivity index (χ3v) is 7.09. The Morgan fingerprint density at radius 1 is 1.29 bits per heavy atom. The smallest absolute Gasteiger partial charge is 0.242 e. The van der Waals surface area contributed by atoms with Gasteiger partial charge in [0.2, 0.25) is 11.8 Å². The van der Waals surface area contributed by atoms with Crippen molar-refractivity contribution in [3.05, 3.63) is 47.5 Å². The molecule has 2 aromatic carbocycles. The molecule has 2 heterocycles. The minimum absolute atomic E-state index is 0.00129. The van der Waals surface area contributed by atoms with Crippen LogP contribution >= 0.6 is 23.4 Å². The molecule has 2 atom stereocenters. The number of para-hydroxylation sites is 2. The quantitative estimate of drug-likeness (QED) is 0.509. The summed E-state index contributed by atoms with van der Waals surface area (Å²) in [5, 5.41) is 3.15. The number of anilines is 1. The normalized spacial score (nSPS) is 20.9. The van der Waals surface area contributed by atoms with E-state index in [1.54, 1.807) is 23.1 Å². The molecule has 8 nitrogen and oxygen atoms in total. The molecule has 2 amide bonds. The molecule has 2 aliphatic rings. The Balaban J connectivity index is 1.51. The molecule has 2 aromatic rings. The van der Waals surface area contributed by atoms with Crippen LogP contribution in [0.1, 0.15) is 26.2 Å². The summed E-state index contributed by atoms with van der Waals surface area (Å²) >= 11 is 7.45. The highest BCUT2D eigenvalue weighted by atomic mass is 35.5. The van der Waals surface area contributed by atoms with E-state index in [2.05, 4.69) is 5.32 Å². The maximum absolute atomic E-state index is 13.3. The van der Waals surface area contributed by atoms with Gasteiger partial charge in [0.15, 0.2) is 5.17 Å². The Morgan fingerprint density at radius 2 is 2.11 bits per heavy atom. The summed E-state index contributed by atoms with van der Waals surface area (Å²) in [7, 11) is 1.52. The molecule has 0 aromatic heterocycles. The van der Waals surface area contributed by atoms with Gasteiger partial charge in [0.25, 0.3) is 0 Å². The Hall–Kier alpha value is -2.75. The third kappa shape index (κ3) is 6.28. The second-order valence-electron chi connectivity index (χ2n) is 8.09. The monoisotopic (exact) mass is 517 g/mol. The molecule has 0 unspecified atom stereocenters. The summed E-state index contributed by atoms with van der Waals surface area (Å²) in [6.07, 6.45) is 1.82. The van der Waals surface area contributed by atoms with Crippen LogP contribution in [0.15, 0.2) is 47.5 Å². The molecule has 2 aliphatic heterocycles. The number of benzene rings is 2. The van der Waals surface area contributed by atoms with Gasteiger partial charge < -0.3 is 19.5 Å². The zero-order valence-corrected chi connectivity index (χ0v) is 21.2. The highest BCUT2D eigenvalue weighted by molar-refractivity contribution is 8.15. The molecule has 0 radical (unpaired) electrons. The fraction of sp³-hybridized carbons (Fsp3) is 0.400. The van der Waals surface area contributed by atoms with E-state index in [1.165, 1.54) is 18.9 Å². The molecule has 0 saturated carbocycles. The first kappa shape index (κ1) is 25.3. The van der Waals surface area contributed by atoms with Crippen molar-refractivity contribution in [3.8, 4) is 11.5 Å². The number of aliphatic imine (C=N–C) groups is 1. The number of nitrogens with zero attached hydrogens (tertiary/aromatic N) is 2. The Kier molecular flexibility index (Phi) is 8.54. The maximum Gasteiger partial charge on any atom is 0.242 e. The Bertz CT molecular complexity index is 1110. The number of hydrogen-bond acceptors (Lipinski definition) is 7. The number of carbonyl (C=O) groups excluding carboxylic acids is 2. The van der Waals surface area contributed by atoms with E-state index in [4.69, 9.17) is 30.8 Å². The van der Waals surface area contributed by atoms with Crippen LogP contribution in [0.2, 0.25) is 5.02 Å². The van der Waals surface area contributed by atoms with Crippen molar-refractivity contribution < 1.29 is 23.8 Å². The molecule has 0 spiro atoms. The summed E-state index contributed by atoms with van der Waals surface area (Å²) in [6.45, 7) is 3.52. The topological polar surface area (TPSA) is 89.5 Å². The number of halogens is 1. The van der Waals surface area contributed by atoms with Gasteiger partial charge in [-0.05, 0) is 50.1 Å². The number of methoxy groups -OCH3 is 1. The Labute approximate surface area is 214 Å². The van der Waals surface area contributed by atoms with Crippen molar-refractivity contribution >= 4 is 51.7 Å². The molecule has 0 bridgehead atoms. The largest absolute Gasteiger partial charge is 0.495 e. The first-order chi connectivity index (χ1) is 17.0. The second-order valence-corrected chi connectivity index (χ2v) is 9.66. The fourth-order valence-electron chi connectivity index (χ4n) is 3.94. The summed E-state index contributed by atoms with van der Waals surface area (Å²) in [5.41, 5.74) is 1.17. The second kappa shape index (κ2) is 11.8. The molecule has 10 heteroatoms. The molecular weight excluding hydrogens is 490 g/mol. The molecule has 186 valence electrons. The van der Waals surface area contributed by atoms with Crippen LogP contribution in [-0.2, 0) is 14.3 Å². The number of hydrogen-bond donors (Lipinski definition) is 1. The van der Waals surface area contributed by atoms with E-state index in [-0.39, 0.29) is 24.3 Å². The lowest BCUT2D eigenvalue weighted by molar-refractivity contribution is -0.129. The summed E-state index contributed by atoms with van der Waals surface area (Å²) in [6, 6.07) is 12.4. The van der Waals surface area contributed by atoms with E-state index in [0.717, 1.165) is 12.8 Å². The summed E-state index contributed by atoms with van der Waals surface area (Å²) < 4.78 is 16.6. The predicted octanol–water partition coefficient (Wildman–Crippen LogP) is 4.89. The molecular formula is C25H28ClN3O5S.